The molecule has 0 aliphatic carbocycles. The number of benzene rings is 2. The van der Waals surface area contributed by atoms with E-state index < -0.39 is 0 Å². The first-order valence-corrected chi connectivity index (χ1v) is 9.22. The van der Waals surface area contributed by atoms with Crippen molar-refractivity contribution >= 4 is 17.6 Å². The minimum absolute atomic E-state index is 0.00994. The Hall–Kier alpha value is -3.02. The molecule has 1 saturated heterocycles. The number of para-hydroxylation sites is 1. The Bertz CT molecular complexity index is 800. The van der Waals surface area contributed by atoms with E-state index in [1.54, 1.807) is 15.9 Å². The Kier molecular flexibility index (Phi) is 5.96. The van der Waals surface area contributed by atoms with Crippen LogP contribution in [0.2, 0.25) is 0 Å². The van der Waals surface area contributed by atoms with Gasteiger partial charge in [0.1, 0.15) is 5.75 Å². The summed E-state index contributed by atoms with van der Waals surface area (Å²) in [6, 6.07) is 14.7. The maximum atomic E-state index is 12.8. The van der Waals surface area contributed by atoms with E-state index in [0.717, 1.165) is 17.0 Å². The second-order valence-corrected chi connectivity index (χ2v) is 6.49. The van der Waals surface area contributed by atoms with Crippen molar-refractivity contribution < 1.29 is 14.3 Å². The van der Waals surface area contributed by atoms with Gasteiger partial charge in [-0.25, -0.2) is 4.79 Å². The molecule has 1 N–H and O–H groups in total. The maximum absolute atomic E-state index is 12.8. The van der Waals surface area contributed by atoms with Crippen LogP contribution < -0.4 is 10.1 Å². The second kappa shape index (κ2) is 8.58. The van der Waals surface area contributed by atoms with E-state index in [2.05, 4.69) is 5.32 Å². The largest absolute Gasteiger partial charge is 0.494 e. The molecule has 6 heteroatoms. The van der Waals surface area contributed by atoms with Gasteiger partial charge in [-0.2, -0.15) is 0 Å². The van der Waals surface area contributed by atoms with Crippen LogP contribution in [0.4, 0.5) is 10.5 Å². The van der Waals surface area contributed by atoms with Gasteiger partial charge in [0.2, 0.25) is 0 Å². The first-order chi connectivity index (χ1) is 13.1. The molecular formula is C21H25N3O3. The highest BCUT2D eigenvalue weighted by molar-refractivity contribution is 5.95. The minimum Gasteiger partial charge on any atom is -0.494 e. The Labute approximate surface area is 159 Å². The van der Waals surface area contributed by atoms with Crippen LogP contribution >= 0.6 is 0 Å². The molecule has 6 nitrogen and oxygen atoms in total. The summed E-state index contributed by atoms with van der Waals surface area (Å²) in [4.78, 5) is 28.6. The fraction of sp³-hybridized carbons (Fsp3) is 0.333. The van der Waals surface area contributed by atoms with Gasteiger partial charge in [0.05, 0.1) is 6.61 Å². The Balaban J connectivity index is 1.56. The molecule has 0 bridgehead atoms. The molecule has 3 amide bonds. The molecule has 3 rings (SSSR count). The summed E-state index contributed by atoms with van der Waals surface area (Å²) in [7, 11) is 0. The monoisotopic (exact) mass is 367 g/mol. The van der Waals surface area contributed by atoms with E-state index in [1.165, 1.54) is 0 Å². The van der Waals surface area contributed by atoms with Crippen molar-refractivity contribution in [1.82, 2.24) is 9.80 Å². The number of hydrogen-bond acceptors (Lipinski definition) is 3. The molecule has 1 heterocycles. The molecular weight excluding hydrogens is 342 g/mol. The van der Waals surface area contributed by atoms with E-state index in [-0.39, 0.29) is 11.9 Å². The van der Waals surface area contributed by atoms with Crippen molar-refractivity contribution in [3.8, 4) is 5.75 Å². The molecule has 2 aromatic carbocycles. The summed E-state index contributed by atoms with van der Waals surface area (Å²) in [6.07, 6.45) is 0. The number of piperazine rings is 1. The van der Waals surface area contributed by atoms with Gasteiger partial charge < -0.3 is 19.9 Å². The predicted octanol–water partition coefficient (Wildman–Crippen LogP) is 3.38. The quantitative estimate of drug-likeness (QED) is 0.901. The number of rotatable bonds is 4. The number of nitrogens with zero attached hydrogens (tertiary/aromatic N) is 2. The summed E-state index contributed by atoms with van der Waals surface area (Å²) < 4.78 is 5.53. The zero-order valence-corrected chi connectivity index (χ0v) is 15.8. The molecule has 0 atom stereocenters. The minimum atomic E-state index is -0.134. The van der Waals surface area contributed by atoms with Gasteiger partial charge in [-0.3, -0.25) is 4.79 Å². The van der Waals surface area contributed by atoms with E-state index in [1.807, 2.05) is 56.3 Å². The predicted molar refractivity (Wildman–Crippen MR) is 105 cm³/mol. The number of aryl methyl sites for hydroxylation is 1. The number of amides is 3. The lowest BCUT2D eigenvalue weighted by Crippen LogP contribution is -2.51. The van der Waals surface area contributed by atoms with Crippen molar-refractivity contribution in [3.05, 3.63) is 59.7 Å². The van der Waals surface area contributed by atoms with Gasteiger partial charge in [-0.1, -0.05) is 18.2 Å². The van der Waals surface area contributed by atoms with Crippen molar-refractivity contribution in [2.75, 3.05) is 38.1 Å². The number of hydrogen-bond donors (Lipinski definition) is 1. The number of nitrogens with one attached hydrogen (secondary N) is 1. The summed E-state index contributed by atoms with van der Waals surface area (Å²) in [5.41, 5.74) is 2.37. The van der Waals surface area contributed by atoms with Gasteiger partial charge >= 0.3 is 6.03 Å². The van der Waals surface area contributed by atoms with Crippen molar-refractivity contribution in [3.63, 3.8) is 0 Å². The Morgan fingerprint density at radius 3 is 2.30 bits per heavy atom. The zero-order valence-electron chi connectivity index (χ0n) is 15.8. The van der Waals surface area contributed by atoms with Gasteiger partial charge in [-0.15, -0.1) is 0 Å². The van der Waals surface area contributed by atoms with E-state index >= 15 is 0 Å². The number of ether oxygens (including phenoxy) is 1. The van der Waals surface area contributed by atoms with Crippen LogP contribution in [-0.4, -0.2) is 54.5 Å². The molecule has 1 aliphatic rings. The van der Waals surface area contributed by atoms with Crippen molar-refractivity contribution in [2.45, 2.75) is 13.8 Å². The molecule has 0 saturated carbocycles. The second-order valence-electron chi connectivity index (χ2n) is 6.49. The first-order valence-electron chi connectivity index (χ1n) is 9.22. The van der Waals surface area contributed by atoms with Crippen LogP contribution in [0.5, 0.6) is 5.75 Å². The van der Waals surface area contributed by atoms with Crippen LogP contribution in [0, 0.1) is 6.92 Å². The lowest BCUT2D eigenvalue weighted by molar-refractivity contribution is 0.0671. The third-order valence-corrected chi connectivity index (χ3v) is 4.60. The third kappa shape index (κ3) is 4.58. The Morgan fingerprint density at radius 1 is 1.00 bits per heavy atom. The van der Waals surface area contributed by atoms with E-state index in [0.29, 0.717) is 38.3 Å². The number of anilines is 1. The van der Waals surface area contributed by atoms with Crippen LogP contribution in [0.15, 0.2) is 48.5 Å². The molecule has 142 valence electrons. The van der Waals surface area contributed by atoms with Crippen LogP contribution in [0.3, 0.4) is 0 Å². The summed E-state index contributed by atoms with van der Waals surface area (Å²) in [5, 5.41) is 2.88. The van der Waals surface area contributed by atoms with Crippen molar-refractivity contribution in [2.24, 2.45) is 0 Å². The van der Waals surface area contributed by atoms with Crippen LogP contribution in [0.1, 0.15) is 22.8 Å². The standard InChI is InChI=1S/C21H25N3O3/c1-3-27-19-10-9-17(15-16(19)2)20(25)23-11-13-24(14-12-23)21(26)22-18-7-5-4-6-8-18/h4-10,15H,3,11-14H2,1-2H3,(H,22,26). The number of carbonyl (C=O) groups is 2. The molecule has 2 aromatic rings. The molecule has 0 aromatic heterocycles. The zero-order chi connectivity index (χ0) is 19.2. The smallest absolute Gasteiger partial charge is 0.321 e. The lowest BCUT2D eigenvalue weighted by atomic mass is 10.1. The van der Waals surface area contributed by atoms with Gasteiger partial charge in [-0.05, 0) is 49.7 Å². The Morgan fingerprint density at radius 2 is 1.67 bits per heavy atom. The van der Waals surface area contributed by atoms with Crippen molar-refractivity contribution in [1.29, 1.82) is 0 Å². The SMILES string of the molecule is CCOc1ccc(C(=O)N2CCN(C(=O)Nc3ccccc3)CC2)cc1C. The summed E-state index contributed by atoms with van der Waals surface area (Å²) in [5.74, 6) is 0.792. The third-order valence-electron chi connectivity index (χ3n) is 4.60. The van der Waals surface area contributed by atoms with Crippen LogP contribution in [0.25, 0.3) is 0 Å². The molecule has 1 aliphatic heterocycles. The van der Waals surface area contributed by atoms with Crippen LogP contribution in [-0.2, 0) is 0 Å². The van der Waals surface area contributed by atoms with E-state index in [9.17, 15) is 9.59 Å². The molecule has 0 spiro atoms. The summed E-state index contributed by atoms with van der Waals surface area (Å²) in [6.45, 7) is 6.54. The number of urea groups is 1. The first kappa shape index (κ1) is 18.8. The fourth-order valence-electron chi connectivity index (χ4n) is 3.12. The van der Waals surface area contributed by atoms with Gasteiger partial charge in [0.25, 0.3) is 5.91 Å². The highest BCUT2D eigenvalue weighted by Crippen LogP contribution is 2.20. The van der Waals surface area contributed by atoms with Gasteiger partial charge in [0, 0.05) is 37.4 Å². The maximum Gasteiger partial charge on any atom is 0.321 e. The lowest BCUT2D eigenvalue weighted by Gasteiger charge is -2.34. The van der Waals surface area contributed by atoms with Gasteiger partial charge in [0.15, 0.2) is 0 Å². The average molecular weight is 367 g/mol. The fourth-order valence-corrected chi connectivity index (χ4v) is 3.12. The highest BCUT2D eigenvalue weighted by Gasteiger charge is 2.25. The normalized spacial score (nSPS) is 14.0. The molecule has 1 fully saturated rings. The molecule has 0 unspecified atom stereocenters. The highest BCUT2D eigenvalue weighted by atomic mass is 16.5. The average Bonchev–Trinajstić information content (AvgIpc) is 2.70. The number of carbonyl (C=O) groups excluding carboxylic acids is 2. The molecule has 27 heavy (non-hydrogen) atoms. The topological polar surface area (TPSA) is 61.9 Å². The molecule has 0 radical (unpaired) electrons. The van der Waals surface area contributed by atoms with E-state index in [4.69, 9.17) is 4.74 Å². The summed E-state index contributed by atoms with van der Waals surface area (Å²) >= 11 is 0.